The highest BCUT2D eigenvalue weighted by molar-refractivity contribution is 5.75. The summed E-state index contributed by atoms with van der Waals surface area (Å²) in [6, 6.07) is 16.3. The van der Waals surface area contributed by atoms with Gasteiger partial charge in [0.1, 0.15) is 11.5 Å². The fourth-order valence-electron chi connectivity index (χ4n) is 3.10. The van der Waals surface area contributed by atoms with Gasteiger partial charge in [0.25, 0.3) is 0 Å². The van der Waals surface area contributed by atoms with Crippen molar-refractivity contribution in [2.24, 2.45) is 5.92 Å². The molecule has 2 aromatic rings. The van der Waals surface area contributed by atoms with E-state index in [0.717, 1.165) is 36.1 Å². The molecule has 0 amide bonds. The van der Waals surface area contributed by atoms with Crippen molar-refractivity contribution in [3.63, 3.8) is 0 Å². The second kappa shape index (κ2) is 10.6. The minimum Gasteiger partial charge on any atom is -0.490 e. The average molecular weight is 363 g/mol. The number of carbonyl (C=O) groups is 1. The highest BCUT2D eigenvalue weighted by atomic mass is 16.5. The molecule has 0 saturated heterocycles. The minimum atomic E-state index is 0.251. The molecule has 0 aromatic heterocycles. The van der Waals surface area contributed by atoms with Crippen LogP contribution in [0.1, 0.15) is 63.6 Å². The van der Waals surface area contributed by atoms with Gasteiger partial charge in [-0.15, -0.1) is 0 Å². The van der Waals surface area contributed by atoms with E-state index in [1.165, 1.54) is 5.56 Å². The first-order chi connectivity index (χ1) is 13.0. The van der Waals surface area contributed by atoms with Crippen LogP contribution in [0.2, 0.25) is 0 Å². The van der Waals surface area contributed by atoms with Gasteiger partial charge in [-0.05, 0) is 74.1 Å². The van der Waals surface area contributed by atoms with E-state index < -0.39 is 0 Å². The van der Waals surface area contributed by atoms with Crippen LogP contribution in [0, 0.1) is 17.8 Å². The molecule has 2 heteroatoms. The lowest BCUT2D eigenvalue weighted by Gasteiger charge is -2.15. The van der Waals surface area contributed by atoms with Crippen LogP contribution >= 0.6 is 0 Å². The predicted molar refractivity (Wildman–Crippen MR) is 112 cm³/mol. The maximum absolute atomic E-state index is 11.2. The molecule has 27 heavy (non-hydrogen) atoms. The van der Waals surface area contributed by atoms with Gasteiger partial charge in [-0.1, -0.05) is 44.7 Å². The highest BCUT2D eigenvalue weighted by Gasteiger charge is 2.06. The number of rotatable bonds is 8. The van der Waals surface area contributed by atoms with Crippen molar-refractivity contribution in [1.82, 2.24) is 0 Å². The summed E-state index contributed by atoms with van der Waals surface area (Å²) in [4.78, 5) is 11.2. The molecule has 2 nitrogen and oxygen atoms in total. The predicted octanol–water partition coefficient (Wildman–Crippen LogP) is 5.81. The minimum absolute atomic E-state index is 0.251. The number of Topliss-reactive ketones (excluding diaryl/α,β-unsaturated/α-hetero) is 1. The first-order valence-corrected chi connectivity index (χ1v) is 9.87. The molecule has 0 aliphatic carbocycles. The van der Waals surface area contributed by atoms with E-state index in [9.17, 15) is 4.79 Å². The third-order valence-corrected chi connectivity index (χ3v) is 4.59. The van der Waals surface area contributed by atoms with E-state index in [1.807, 2.05) is 36.4 Å². The Morgan fingerprint density at radius 1 is 0.926 bits per heavy atom. The standard InChI is InChI=1S/C25H30O2/c1-5-24(6-2)27-25-15-13-22(14-16-25)8-7-21-9-11-23(12-10-21)18-19(3)17-20(4)26/h9-16,19,24H,5-6,17-18H2,1-4H3. The first-order valence-electron chi connectivity index (χ1n) is 9.87. The van der Waals surface area contributed by atoms with Gasteiger partial charge in [0, 0.05) is 17.5 Å². The van der Waals surface area contributed by atoms with Crippen LogP contribution in [0.25, 0.3) is 0 Å². The van der Waals surface area contributed by atoms with Gasteiger partial charge < -0.3 is 9.53 Å². The quantitative estimate of drug-likeness (QED) is 0.554. The maximum atomic E-state index is 11.2. The van der Waals surface area contributed by atoms with Crippen molar-refractivity contribution in [2.75, 3.05) is 0 Å². The Bertz CT molecular complexity index is 772. The summed E-state index contributed by atoms with van der Waals surface area (Å²) in [5, 5.41) is 0. The van der Waals surface area contributed by atoms with Crippen LogP contribution in [0.5, 0.6) is 5.75 Å². The van der Waals surface area contributed by atoms with Gasteiger partial charge in [-0.25, -0.2) is 0 Å². The van der Waals surface area contributed by atoms with Crippen LogP contribution in [0.3, 0.4) is 0 Å². The summed E-state index contributed by atoms with van der Waals surface area (Å²) in [6.45, 7) is 8.05. The molecule has 1 unspecified atom stereocenters. The highest BCUT2D eigenvalue weighted by Crippen LogP contribution is 2.16. The first kappa shape index (κ1) is 20.8. The zero-order valence-electron chi connectivity index (χ0n) is 16.9. The van der Waals surface area contributed by atoms with E-state index in [4.69, 9.17) is 4.74 Å². The summed E-state index contributed by atoms with van der Waals surface area (Å²) in [5.74, 6) is 7.94. The fraction of sp³-hybridized carbons (Fsp3) is 0.400. The summed E-state index contributed by atoms with van der Waals surface area (Å²) in [5.41, 5.74) is 3.22. The van der Waals surface area contributed by atoms with Gasteiger partial charge >= 0.3 is 0 Å². The van der Waals surface area contributed by atoms with Crippen molar-refractivity contribution in [3.8, 4) is 17.6 Å². The lowest BCUT2D eigenvalue weighted by Crippen LogP contribution is -2.13. The summed E-state index contributed by atoms with van der Waals surface area (Å²) < 4.78 is 5.93. The molecule has 0 heterocycles. The molecule has 2 rings (SSSR count). The van der Waals surface area contributed by atoms with Crippen LogP contribution in [0.4, 0.5) is 0 Å². The fourth-order valence-corrected chi connectivity index (χ4v) is 3.10. The van der Waals surface area contributed by atoms with Crippen molar-refractivity contribution in [2.45, 2.75) is 59.5 Å². The molecule has 0 fully saturated rings. The maximum Gasteiger partial charge on any atom is 0.130 e. The van der Waals surface area contributed by atoms with E-state index in [0.29, 0.717) is 12.3 Å². The number of hydrogen-bond acceptors (Lipinski definition) is 2. The number of ether oxygens (including phenoxy) is 1. The molecule has 0 N–H and O–H groups in total. The number of carbonyl (C=O) groups excluding carboxylic acids is 1. The molecule has 0 aliphatic rings. The number of ketones is 1. The Kier molecular flexibility index (Phi) is 8.14. The Labute approximate surface area is 164 Å². The van der Waals surface area contributed by atoms with Crippen LogP contribution in [-0.4, -0.2) is 11.9 Å². The lowest BCUT2D eigenvalue weighted by atomic mass is 9.96. The van der Waals surface area contributed by atoms with Crippen molar-refractivity contribution >= 4 is 5.78 Å². The zero-order valence-corrected chi connectivity index (χ0v) is 16.9. The molecule has 2 aromatic carbocycles. The van der Waals surface area contributed by atoms with Gasteiger partial charge in [0.15, 0.2) is 0 Å². The largest absolute Gasteiger partial charge is 0.490 e. The Morgan fingerprint density at radius 2 is 1.44 bits per heavy atom. The van der Waals surface area contributed by atoms with Crippen molar-refractivity contribution in [1.29, 1.82) is 0 Å². The molecule has 0 bridgehead atoms. The second-order valence-corrected chi connectivity index (χ2v) is 7.24. The smallest absolute Gasteiger partial charge is 0.130 e. The third-order valence-electron chi connectivity index (χ3n) is 4.59. The summed E-state index contributed by atoms with van der Waals surface area (Å²) in [6.07, 6.45) is 3.87. The van der Waals surface area contributed by atoms with E-state index in [2.05, 4.69) is 44.7 Å². The Hall–Kier alpha value is -2.53. The van der Waals surface area contributed by atoms with Gasteiger partial charge in [-0.2, -0.15) is 0 Å². The van der Waals surface area contributed by atoms with E-state index in [1.54, 1.807) is 6.92 Å². The number of hydrogen-bond donors (Lipinski definition) is 0. The summed E-state index contributed by atoms with van der Waals surface area (Å²) >= 11 is 0. The molecule has 0 saturated carbocycles. The second-order valence-electron chi connectivity index (χ2n) is 7.24. The molecule has 0 aliphatic heterocycles. The Morgan fingerprint density at radius 3 is 1.93 bits per heavy atom. The zero-order chi connectivity index (χ0) is 19.6. The van der Waals surface area contributed by atoms with E-state index >= 15 is 0 Å². The van der Waals surface area contributed by atoms with Crippen molar-refractivity contribution < 1.29 is 9.53 Å². The van der Waals surface area contributed by atoms with E-state index in [-0.39, 0.29) is 11.9 Å². The van der Waals surface area contributed by atoms with Gasteiger partial charge in [0.2, 0.25) is 0 Å². The van der Waals surface area contributed by atoms with Crippen LogP contribution in [0.15, 0.2) is 48.5 Å². The molecule has 0 spiro atoms. The molecule has 142 valence electrons. The topological polar surface area (TPSA) is 26.3 Å². The summed E-state index contributed by atoms with van der Waals surface area (Å²) in [7, 11) is 0. The van der Waals surface area contributed by atoms with Crippen LogP contribution < -0.4 is 4.74 Å². The normalized spacial score (nSPS) is 11.6. The molecule has 1 atom stereocenters. The Balaban J connectivity index is 1.96. The number of benzene rings is 2. The molecular formula is C25H30O2. The average Bonchev–Trinajstić information content (AvgIpc) is 2.66. The van der Waals surface area contributed by atoms with Gasteiger partial charge in [0.05, 0.1) is 6.10 Å². The van der Waals surface area contributed by atoms with Gasteiger partial charge in [-0.3, -0.25) is 0 Å². The van der Waals surface area contributed by atoms with Crippen LogP contribution in [-0.2, 0) is 11.2 Å². The third kappa shape index (κ3) is 7.31. The SMILES string of the molecule is CCC(CC)Oc1ccc(C#Cc2ccc(CC(C)CC(C)=O)cc2)cc1. The monoisotopic (exact) mass is 362 g/mol. The van der Waals surface area contributed by atoms with Crippen molar-refractivity contribution in [3.05, 3.63) is 65.2 Å². The molecule has 0 radical (unpaired) electrons. The lowest BCUT2D eigenvalue weighted by molar-refractivity contribution is -0.117. The molecular weight excluding hydrogens is 332 g/mol.